The van der Waals surface area contributed by atoms with Crippen molar-refractivity contribution in [2.24, 2.45) is 18.7 Å². The molecule has 2 N–H and O–H groups in total. The Morgan fingerprint density at radius 2 is 2.28 bits per heavy atom. The minimum Gasteiger partial charge on any atom is -0.325 e. The Hall–Kier alpha value is -1.69. The first-order valence-corrected chi connectivity index (χ1v) is 6.40. The number of aromatic nitrogens is 5. The normalized spacial score (nSPS) is 15.9. The van der Waals surface area contributed by atoms with E-state index in [1.54, 1.807) is 6.20 Å². The Morgan fingerprint density at radius 1 is 1.44 bits per heavy atom. The maximum Gasteiger partial charge on any atom is 0.111 e. The van der Waals surface area contributed by atoms with Crippen LogP contribution in [-0.2, 0) is 20.1 Å². The average molecular weight is 246 g/mol. The van der Waals surface area contributed by atoms with E-state index in [0.717, 1.165) is 29.5 Å². The highest BCUT2D eigenvalue weighted by Gasteiger charge is 2.22. The molecule has 0 unspecified atom stereocenters. The van der Waals surface area contributed by atoms with Gasteiger partial charge in [0.1, 0.15) is 11.4 Å². The molecule has 18 heavy (non-hydrogen) atoms. The van der Waals surface area contributed by atoms with Gasteiger partial charge in [0.15, 0.2) is 0 Å². The van der Waals surface area contributed by atoms with Crippen LogP contribution in [0.5, 0.6) is 0 Å². The van der Waals surface area contributed by atoms with Crippen LogP contribution in [0.25, 0.3) is 11.4 Å². The summed E-state index contributed by atoms with van der Waals surface area (Å²) in [5.41, 5.74) is 8.64. The van der Waals surface area contributed by atoms with Crippen LogP contribution >= 0.6 is 0 Å². The van der Waals surface area contributed by atoms with E-state index < -0.39 is 0 Å². The lowest BCUT2D eigenvalue weighted by Gasteiger charge is -2.25. The number of rotatable bonds is 4. The minimum atomic E-state index is 0.408. The summed E-state index contributed by atoms with van der Waals surface area (Å²) in [6.07, 6.45) is 5.71. The van der Waals surface area contributed by atoms with Crippen LogP contribution in [0.3, 0.4) is 0 Å². The molecule has 0 saturated heterocycles. The molecule has 0 aromatic carbocycles. The van der Waals surface area contributed by atoms with Gasteiger partial charge in [0.05, 0.1) is 5.69 Å². The fourth-order valence-corrected chi connectivity index (χ4v) is 2.42. The highest BCUT2D eigenvalue weighted by Crippen LogP contribution is 2.30. The Kier molecular flexibility index (Phi) is 2.87. The number of hydrogen-bond donors (Lipinski definition) is 1. The molecule has 3 rings (SSSR count). The third-order valence-corrected chi connectivity index (χ3v) is 3.72. The zero-order valence-electron chi connectivity index (χ0n) is 10.6. The van der Waals surface area contributed by atoms with Gasteiger partial charge in [0.25, 0.3) is 0 Å². The minimum absolute atomic E-state index is 0.408. The number of nitrogens with two attached hydrogens (primary N) is 1. The predicted molar refractivity (Wildman–Crippen MR) is 67.5 cm³/mol. The van der Waals surface area contributed by atoms with E-state index >= 15 is 0 Å². The van der Waals surface area contributed by atoms with E-state index in [-0.39, 0.29) is 0 Å². The number of hydrogen-bond acceptors (Lipinski definition) is 4. The van der Waals surface area contributed by atoms with Crippen LogP contribution in [0.2, 0.25) is 0 Å². The first-order chi connectivity index (χ1) is 8.79. The molecule has 0 bridgehead atoms. The largest absolute Gasteiger partial charge is 0.325 e. The topological polar surface area (TPSA) is 74.6 Å². The molecule has 0 amide bonds. The number of nitrogens with zero attached hydrogens (tertiary/aromatic N) is 5. The van der Waals surface area contributed by atoms with Gasteiger partial charge in [0, 0.05) is 26.3 Å². The lowest BCUT2D eigenvalue weighted by Crippen LogP contribution is -2.20. The zero-order chi connectivity index (χ0) is 12.5. The lowest BCUT2D eigenvalue weighted by atomic mass is 9.85. The third kappa shape index (κ3) is 1.82. The van der Waals surface area contributed by atoms with Crippen molar-refractivity contribution in [3.8, 4) is 11.4 Å². The molecular formula is C12H18N6. The summed E-state index contributed by atoms with van der Waals surface area (Å²) in [6, 6.07) is 1.98. The SMILES string of the molecule is Cn1nccc1-c1c(CN)nnn1CC1CCC1. The first-order valence-electron chi connectivity index (χ1n) is 6.40. The second kappa shape index (κ2) is 4.53. The van der Waals surface area contributed by atoms with E-state index in [9.17, 15) is 0 Å². The Bertz CT molecular complexity index is 537. The van der Waals surface area contributed by atoms with Gasteiger partial charge in [0.2, 0.25) is 0 Å². The summed E-state index contributed by atoms with van der Waals surface area (Å²) >= 11 is 0. The molecule has 6 nitrogen and oxygen atoms in total. The maximum absolute atomic E-state index is 5.75. The van der Waals surface area contributed by atoms with Crippen LogP contribution in [0.1, 0.15) is 25.0 Å². The summed E-state index contributed by atoms with van der Waals surface area (Å²) in [7, 11) is 1.93. The van der Waals surface area contributed by atoms with Crippen molar-refractivity contribution >= 4 is 0 Å². The quantitative estimate of drug-likeness (QED) is 0.871. The fourth-order valence-electron chi connectivity index (χ4n) is 2.42. The highest BCUT2D eigenvalue weighted by atomic mass is 15.4. The van der Waals surface area contributed by atoms with E-state index in [1.807, 2.05) is 22.5 Å². The Labute approximate surface area is 106 Å². The molecule has 1 fully saturated rings. The van der Waals surface area contributed by atoms with Crippen molar-refractivity contribution in [1.82, 2.24) is 24.8 Å². The van der Waals surface area contributed by atoms with Gasteiger partial charge in [-0.05, 0) is 24.8 Å². The molecule has 0 atom stereocenters. The van der Waals surface area contributed by atoms with Crippen molar-refractivity contribution in [3.05, 3.63) is 18.0 Å². The second-order valence-corrected chi connectivity index (χ2v) is 4.91. The molecule has 1 aliphatic rings. The molecule has 0 radical (unpaired) electrons. The van der Waals surface area contributed by atoms with Gasteiger partial charge in [-0.25, -0.2) is 4.68 Å². The molecule has 2 aromatic rings. The second-order valence-electron chi connectivity index (χ2n) is 4.91. The van der Waals surface area contributed by atoms with Gasteiger partial charge >= 0.3 is 0 Å². The molecule has 0 spiro atoms. The summed E-state index contributed by atoms with van der Waals surface area (Å²) < 4.78 is 3.83. The van der Waals surface area contributed by atoms with Crippen molar-refractivity contribution < 1.29 is 0 Å². The van der Waals surface area contributed by atoms with Crippen molar-refractivity contribution in [2.75, 3.05) is 0 Å². The van der Waals surface area contributed by atoms with Crippen molar-refractivity contribution in [1.29, 1.82) is 0 Å². The van der Waals surface area contributed by atoms with Crippen molar-refractivity contribution in [3.63, 3.8) is 0 Å². The molecular weight excluding hydrogens is 228 g/mol. The summed E-state index contributed by atoms with van der Waals surface area (Å²) in [5, 5.41) is 12.7. The molecule has 1 saturated carbocycles. The molecule has 2 aromatic heterocycles. The van der Waals surface area contributed by atoms with E-state index in [1.165, 1.54) is 19.3 Å². The number of aryl methyl sites for hydroxylation is 1. The maximum atomic E-state index is 5.75. The molecule has 1 aliphatic carbocycles. The van der Waals surface area contributed by atoms with Gasteiger partial charge in [-0.3, -0.25) is 4.68 Å². The first kappa shape index (κ1) is 11.4. The van der Waals surface area contributed by atoms with E-state index in [0.29, 0.717) is 6.54 Å². The smallest absolute Gasteiger partial charge is 0.111 e. The summed E-state index contributed by atoms with van der Waals surface area (Å²) in [6.45, 7) is 1.35. The molecule has 96 valence electrons. The van der Waals surface area contributed by atoms with Gasteiger partial charge in [-0.2, -0.15) is 5.10 Å². The highest BCUT2D eigenvalue weighted by molar-refractivity contribution is 5.57. The summed E-state index contributed by atoms with van der Waals surface area (Å²) in [5.74, 6) is 0.740. The summed E-state index contributed by atoms with van der Waals surface area (Å²) in [4.78, 5) is 0. The zero-order valence-corrected chi connectivity index (χ0v) is 10.6. The molecule has 6 heteroatoms. The molecule has 2 heterocycles. The molecule has 0 aliphatic heterocycles. The van der Waals surface area contributed by atoms with E-state index in [2.05, 4.69) is 15.4 Å². The fraction of sp³-hybridized carbons (Fsp3) is 0.583. The third-order valence-electron chi connectivity index (χ3n) is 3.72. The average Bonchev–Trinajstić information content (AvgIpc) is 2.89. The van der Waals surface area contributed by atoms with Crippen LogP contribution < -0.4 is 5.73 Å². The standard InChI is InChI=1S/C12H18N6/c1-17-11(5-6-14-17)12-10(7-13)15-16-18(12)8-9-3-2-4-9/h5-6,9H,2-4,7-8,13H2,1H3. The van der Waals surface area contributed by atoms with Crippen LogP contribution in [0, 0.1) is 5.92 Å². The monoisotopic (exact) mass is 246 g/mol. The lowest BCUT2D eigenvalue weighted by molar-refractivity contribution is 0.265. The van der Waals surface area contributed by atoms with Crippen LogP contribution in [-0.4, -0.2) is 24.8 Å². The Balaban J connectivity index is 1.99. The van der Waals surface area contributed by atoms with Crippen LogP contribution in [0.15, 0.2) is 12.3 Å². The van der Waals surface area contributed by atoms with Crippen molar-refractivity contribution in [2.45, 2.75) is 32.4 Å². The van der Waals surface area contributed by atoms with Gasteiger partial charge in [-0.15, -0.1) is 5.10 Å². The predicted octanol–water partition coefficient (Wildman–Crippen LogP) is 0.937. The van der Waals surface area contributed by atoms with E-state index in [4.69, 9.17) is 5.73 Å². The van der Waals surface area contributed by atoms with Gasteiger partial charge < -0.3 is 5.73 Å². The van der Waals surface area contributed by atoms with Gasteiger partial charge in [-0.1, -0.05) is 11.6 Å². The van der Waals surface area contributed by atoms with Crippen LogP contribution in [0.4, 0.5) is 0 Å². The Morgan fingerprint density at radius 3 is 2.83 bits per heavy atom.